The molecule has 21 heavy (non-hydrogen) atoms. The summed E-state index contributed by atoms with van der Waals surface area (Å²) in [6, 6.07) is 9.03. The number of hydrogen-bond acceptors (Lipinski definition) is 3. The van der Waals surface area contributed by atoms with E-state index >= 15 is 0 Å². The van der Waals surface area contributed by atoms with Crippen LogP contribution in [-0.2, 0) is 6.42 Å². The highest BCUT2D eigenvalue weighted by molar-refractivity contribution is 7.18. The lowest BCUT2D eigenvalue weighted by molar-refractivity contribution is 0.312. The molecule has 1 atom stereocenters. The molecule has 0 radical (unpaired) electrons. The lowest BCUT2D eigenvalue weighted by Crippen LogP contribution is -2.38. The summed E-state index contributed by atoms with van der Waals surface area (Å²) in [5.41, 5.74) is 1.15. The molecule has 2 nitrogen and oxygen atoms in total. The minimum absolute atomic E-state index is 0.565. The summed E-state index contributed by atoms with van der Waals surface area (Å²) < 4.78 is 1.31. The van der Waals surface area contributed by atoms with Crippen LogP contribution in [0.15, 0.2) is 24.3 Å². The van der Waals surface area contributed by atoms with Gasteiger partial charge >= 0.3 is 0 Å². The van der Waals surface area contributed by atoms with Gasteiger partial charge in [-0.1, -0.05) is 45.7 Å². The van der Waals surface area contributed by atoms with Crippen molar-refractivity contribution in [3.05, 3.63) is 29.3 Å². The van der Waals surface area contributed by atoms with Gasteiger partial charge in [0.2, 0.25) is 0 Å². The van der Waals surface area contributed by atoms with Crippen molar-refractivity contribution in [3.8, 4) is 0 Å². The van der Waals surface area contributed by atoms with Crippen molar-refractivity contribution in [1.82, 2.24) is 10.3 Å². The lowest BCUT2D eigenvalue weighted by Gasteiger charge is -2.27. The quantitative estimate of drug-likeness (QED) is 0.702. The third kappa shape index (κ3) is 4.52. The minimum atomic E-state index is 0.565. The summed E-state index contributed by atoms with van der Waals surface area (Å²) in [7, 11) is 0. The van der Waals surface area contributed by atoms with E-state index in [0.717, 1.165) is 24.4 Å². The second-order valence-corrected chi connectivity index (χ2v) is 6.90. The van der Waals surface area contributed by atoms with Gasteiger partial charge in [-0.15, -0.1) is 11.3 Å². The highest BCUT2D eigenvalue weighted by atomic mass is 32.1. The summed E-state index contributed by atoms with van der Waals surface area (Å²) in [4.78, 5) is 4.82. The Kier molecular flexibility index (Phi) is 6.65. The van der Waals surface area contributed by atoms with Crippen molar-refractivity contribution in [2.45, 2.75) is 58.9 Å². The molecule has 1 heterocycles. The number of nitrogens with zero attached hydrogens (tertiary/aromatic N) is 1. The average molecular weight is 305 g/mol. The molecule has 2 aromatic rings. The number of rotatable bonds is 9. The predicted molar refractivity (Wildman–Crippen MR) is 94.1 cm³/mol. The molecule has 0 spiro atoms. The molecule has 0 saturated heterocycles. The standard InChI is InChI=1S/C18H28N2S/c1-4-9-14(10-5-2)16(19-6-3)13-18-20-15-11-7-8-12-17(15)21-18/h7-8,11-12,14,16,19H,4-6,9-10,13H2,1-3H3. The van der Waals surface area contributed by atoms with Crippen LogP contribution in [0.5, 0.6) is 0 Å². The van der Waals surface area contributed by atoms with Gasteiger partial charge in [0.1, 0.15) is 0 Å². The van der Waals surface area contributed by atoms with Gasteiger partial charge in [0.25, 0.3) is 0 Å². The summed E-state index contributed by atoms with van der Waals surface area (Å²) in [5.74, 6) is 0.770. The molecule has 1 aromatic carbocycles. The first-order chi connectivity index (χ1) is 10.3. The van der Waals surface area contributed by atoms with Gasteiger partial charge in [-0.25, -0.2) is 4.98 Å². The summed E-state index contributed by atoms with van der Waals surface area (Å²) in [6.07, 6.45) is 6.24. The van der Waals surface area contributed by atoms with Crippen molar-refractivity contribution in [3.63, 3.8) is 0 Å². The number of benzene rings is 1. The number of thiazole rings is 1. The zero-order chi connectivity index (χ0) is 15.1. The van der Waals surface area contributed by atoms with Crippen molar-refractivity contribution >= 4 is 21.6 Å². The number of nitrogens with one attached hydrogen (secondary N) is 1. The van der Waals surface area contributed by atoms with Crippen molar-refractivity contribution < 1.29 is 0 Å². The van der Waals surface area contributed by atoms with E-state index in [-0.39, 0.29) is 0 Å². The SMILES string of the molecule is CCCC(CCC)C(Cc1nc2ccccc2s1)NCC. The molecule has 0 aliphatic heterocycles. The van der Waals surface area contributed by atoms with Gasteiger partial charge in [0.05, 0.1) is 15.2 Å². The third-order valence-electron chi connectivity index (χ3n) is 4.09. The molecule has 0 amide bonds. The fraction of sp³-hybridized carbons (Fsp3) is 0.611. The zero-order valence-electron chi connectivity index (χ0n) is 13.6. The van der Waals surface area contributed by atoms with E-state index in [1.807, 2.05) is 11.3 Å². The van der Waals surface area contributed by atoms with Crippen molar-refractivity contribution in [2.24, 2.45) is 5.92 Å². The molecule has 0 bridgehead atoms. The van der Waals surface area contributed by atoms with Crippen LogP contribution in [0.2, 0.25) is 0 Å². The van der Waals surface area contributed by atoms with Crippen molar-refractivity contribution in [2.75, 3.05) is 6.54 Å². The molecule has 116 valence electrons. The molecule has 2 rings (SSSR count). The Balaban J connectivity index is 2.13. The number of fused-ring (bicyclic) bond motifs is 1. The Morgan fingerprint density at radius 3 is 2.43 bits per heavy atom. The zero-order valence-corrected chi connectivity index (χ0v) is 14.4. The predicted octanol–water partition coefficient (Wildman–Crippen LogP) is 5.03. The van der Waals surface area contributed by atoms with E-state index in [1.54, 1.807) is 0 Å². The smallest absolute Gasteiger partial charge is 0.0954 e. The molecule has 1 aromatic heterocycles. The van der Waals surface area contributed by atoms with Crippen LogP contribution in [0, 0.1) is 5.92 Å². The van der Waals surface area contributed by atoms with Crippen LogP contribution in [0.4, 0.5) is 0 Å². The van der Waals surface area contributed by atoms with E-state index < -0.39 is 0 Å². The van der Waals surface area contributed by atoms with E-state index in [9.17, 15) is 0 Å². The van der Waals surface area contributed by atoms with E-state index in [4.69, 9.17) is 4.98 Å². The second kappa shape index (κ2) is 8.50. The molecule has 1 N–H and O–H groups in total. The summed E-state index contributed by atoms with van der Waals surface area (Å²) in [6.45, 7) is 7.84. The highest BCUT2D eigenvalue weighted by Crippen LogP contribution is 2.26. The minimum Gasteiger partial charge on any atom is -0.314 e. The average Bonchev–Trinajstić information content (AvgIpc) is 2.89. The van der Waals surface area contributed by atoms with Gasteiger partial charge in [-0.3, -0.25) is 0 Å². The van der Waals surface area contributed by atoms with Gasteiger partial charge in [0.15, 0.2) is 0 Å². The molecule has 0 aliphatic carbocycles. The number of likely N-dealkylation sites (N-methyl/N-ethyl adjacent to an activating group) is 1. The van der Waals surface area contributed by atoms with Crippen LogP contribution < -0.4 is 5.32 Å². The third-order valence-corrected chi connectivity index (χ3v) is 5.15. The maximum absolute atomic E-state index is 4.82. The van der Waals surface area contributed by atoms with E-state index in [0.29, 0.717) is 6.04 Å². The first kappa shape index (κ1) is 16.4. The van der Waals surface area contributed by atoms with Crippen LogP contribution in [0.25, 0.3) is 10.2 Å². The molecule has 0 aliphatic rings. The van der Waals surface area contributed by atoms with Crippen molar-refractivity contribution in [1.29, 1.82) is 0 Å². The second-order valence-electron chi connectivity index (χ2n) is 5.78. The highest BCUT2D eigenvalue weighted by Gasteiger charge is 2.21. The van der Waals surface area contributed by atoms with Crippen LogP contribution in [0.1, 0.15) is 51.5 Å². The van der Waals surface area contributed by atoms with Gasteiger partial charge in [-0.05, 0) is 37.4 Å². The molecular formula is C18H28N2S. The number of para-hydroxylation sites is 1. The first-order valence-corrected chi connectivity index (χ1v) is 9.17. The molecule has 0 fully saturated rings. The molecule has 0 saturated carbocycles. The monoisotopic (exact) mass is 304 g/mol. The fourth-order valence-electron chi connectivity index (χ4n) is 3.15. The number of aromatic nitrogens is 1. The Bertz CT molecular complexity index is 496. The Labute approximate surface area is 133 Å². The van der Waals surface area contributed by atoms with E-state index in [2.05, 4.69) is 50.4 Å². The molecule has 1 unspecified atom stereocenters. The largest absolute Gasteiger partial charge is 0.314 e. The Hall–Kier alpha value is -0.930. The first-order valence-electron chi connectivity index (χ1n) is 8.36. The van der Waals surface area contributed by atoms with Gasteiger partial charge in [-0.2, -0.15) is 0 Å². The van der Waals surface area contributed by atoms with Crippen LogP contribution >= 0.6 is 11.3 Å². The molecular weight excluding hydrogens is 276 g/mol. The Morgan fingerprint density at radius 1 is 1.10 bits per heavy atom. The maximum Gasteiger partial charge on any atom is 0.0954 e. The molecule has 3 heteroatoms. The van der Waals surface area contributed by atoms with Crippen LogP contribution in [0.3, 0.4) is 0 Å². The van der Waals surface area contributed by atoms with Gasteiger partial charge < -0.3 is 5.32 Å². The van der Waals surface area contributed by atoms with Gasteiger partial charge in [0, 0.05) is 12.5 Å². The Morgan fingerprint density at radius 2 is 1.81 bits per heavy atom. The topological polar surface area (TPSA) is 24.9 Å². The normalized spacial score (nSPS) is 13.1. The van der Waals surface area contributed by atoms with Crippen LogP contribution in [-0.4, -0.2) is 17.6 Å². The lowest BCUT2D eigenvalue weighted by atomic mass is 9.88. The summed E-state index contributed by atoms with van der Waals surface area (Å²) in [5, 5.41) is 4.99. The maximum atomic E-state index is 4.82. The fourth-order valence-corrected chi connectivity index (χ4v) is 4.18. The number of hydrogen-bond donors (Lipinski definition) is 1. The van der Waals surface area contributed by atoms with E-state index in [1.165, 1.54) is 35.4 Å². The summed E-state index contributed by atoms with van der Waals surface area (Å²) >= 11 is 1.85.